The summed E-state index contributed by atoms with van der Waals surface area (Å²) in [7, 11) is -3.48. The van der Waals surface area contributed by atoms with Crippen molar-refractivity contribution in [1.82, 2.24) is 9.21 Å². The van der Waals surface area contributed by atoms with Crippen LogP contribution in [0.1, 0.15) is 13.8 Å². The van der Waals surface area contributed by atoms with E-state index < -0.39 is 10.0 Å². The van der Waals surface area contributed by atoms with Crippen molar-refractivity contribution in [2.24, 2.45) is 0 Å². The molecule has 1 aromatic rings. The van der Waals surface area contributed by atoms with Gasteiger partial charge in [0.15, 0.2) is 6.54 Å². The quantitative estimate of drug-likeness (QED) is 0.741. The fourth-order valence-corrected chi connectivity index (χ4v) is 5.22. The van der Waals surface area contributed by atoms with Crippen LogP contribution in [0.25, 0.3) is 0 Å². The molecule has 1 aromatic carbocycles. The summed E-state index contributed by atoms with van der Waals surface area (Å²) in [4.78, 5) is 15.9. The van der Waals surface area contributed by atoms with Crippen LogP contribution in [-0.4, -0.2) is 81.6 Å². The Kier molecular flexibility index (Phi) is 5.96. The van der Waals surface area contributed by atoms with Crippen molar-refractivity contribution in [2.75, 3.05) is 45.8 Å². The van der Waals surface area contributed by atoms with Gasteiger partial charge in [-0.05, 0) is 26.0 Å². The molecule has 26 heavy (non-hydrogen) atoms. The van der Waals surface area contributed by atoms with Crippen LogP contribution in [0.15, 0.2) is 35.2 Å². The second kappa shape index (κ2) is 8.04. The van der Waals surface area contributed by atoms with E-state index in [4.69, 9.17) is 4.74 Å². The van der Waals surface area contributed by atoms with Crippen molar-refractivity contribution < 1.29 is 22.8 Å². The zero-order valence-electron chi connectivity index (χ0n) is 15.4. The maximum atomic E-state index is 12.7. The van der Waals surface area contributed by atoms with Crippen LogP contribution in [0.4, 0.5) is 0 Å². The molecule has 2 fully saturated rings. The van der Waals surface area contributed by atoms with Crippen molar-refractivity contribution in [3.05, 3.63) is 30.3 Å². The Balaban J connectivity index is 1.54. The molecule has 0 aromatic heterocycles. The number of ether oxygens (including phenoxy) is 1. The van der Waals surface area contributed by atoms with E-state index in [1.54, 1.807) is 35.2 Å². The Morgan fingerprint density at radius 1 is 1.08 bits per heavy atom. The van der Waals surface area contributed by atoms with Crippen LogP contribution in [-0.2, 0) is 19.6 Å². The molecule has 2 saturated heterocycles. The summed E-state index contributed by atoms with van der Waals surface area (Å²) in [5, 5.41) is 0. The topological polar surface area (TPSA) is 71.4 Å². The minimum atomic E-state index is -3.48. The number of benzene rings is 1. The first-order valence-electron chi connectivity index (χ1n) is 9.18. The third kappa shape index (κ3) is 4.43. The van der Waals surface area contributed by atoms with Gasteiger partial charge in [0.25, 0.3) is 5.91 Å². The molecule has 2 aliphatic heterocycles. The number of carbonyl (C=O) groups excluding carboxylic acids is 1. The summed E-state index contributed by atoms with van der Waals surface area (Å²) in [5.74, 6) is 0.0954. The van der Waals surface area contributed by atoms with Gasteiger partial charge in [0.05, 0.1) is 4.90 Å². The molecule has 3 rings (SSSR count). The number of carbonyl (C=O) groups is 1. The lowest BCUT2D eigenvalue weighted by molar-refractivity contribution is -0.907. The van der Waals surface area contributed by atoms with Gasteiger partial charge in [-0.15, -0.1) is 0 Å². The number of piperazine rings is 1. The average molecular weight is 383 g/mol. The maximum absolute atomic E-state index is 12.7. The van der Waals surface area contributed by atoms with E-state index in [1.807, 2.05) is 13.8 Å². The lowest BCUT2D eigenvalue weighted by Crippen LogP contribution is -3.16. The first-order chi connectivity index (χ1) is 12.4. The summed E-state index contributed by atoms with van der Waals surface area (Å²) in [6, 6.07) is 8.46. The van der Waals surface area contributed by atoms with Gasteiger partial charge in [-0.2, -0.15) is 4.31 Å². The van der Waals surface area contributed by atoms with E-state index in [0.717, 1.165) is 13.1 Å². The van der Waals surface area contributed by atoms with Crippen LogP contribution in [0.5, 0.6) is 0 Å². The van der Waals surface area contributed by atoms with Gasteiger partial charge in [-0.1, -0.05) is 18.2 Å². The third-order valence-electron chi connectivity index (χ3n) is 4.99. The van der Waals surface area contributed by atoms with Crippen LogP contribution < -0.4 is 4.90 Å². The van der Waals surface area contributed by atoms with Crippen molar-refractivity contribution in [2.45, 2.75) is 31.0 Å². The van der Waals surface area contributed by atoms with Gasteiger partial charge in [-0.3, -0.25) is 4.79 Å². The summed E-state index contributed by atoms with van der Waals surface area (Å²) < 4.78 is 32.5. The van der Waals surface area contributed by atoms with Crippen LogP contribution in [0, 0.1) is 0 Å². The highest BCUT2D eigenvalue weighted by atomic mass is 32.2. The number of sulfonamides is 1. The molecule has 1 N–H and O–H groups in total. The molecule has 1 amide bonds. The van der Waals surface area contributed by atoms with E-state index in [2.05, 4.69) is 0 Å². The summed E-state index contributed by atoms with van der Waals surface area (Å²) in [5.41, 5.74) is 0. The van der Waals surface area contributed by atoms with E-state index in [0.29, 0.717) is 37.6 Å². The van der Waals surface area contributed by atoms with Crippen molar-refractivity contribution >= 4 is 15.9 Å². The lowest BCUT2D eigenvalue weighted by atomic mass is 10.2. The van der Waals surface area contributed by atoms with Crippen molar-refractivity contribution in [1.29, 1.82) is 0 Å². The molecule has 2 heterocycles. The average Bonchev–Trinajstić information content (AvgIpc) is 2.61. The third-order valence-corrected chi connectivity index (χ3v) is 6.90. The highest BCUT2D eigenvalue weighted by Gasteiger charge is 2.33. The second-order valence-electron chi connectivity index (χ2n) is 7.19. The summed E-state index contributed by atoms with van der Waals surface area (Å²) >= 11 is 0. The molecule has 0 bridgehead atoms. The number of hydrogen-bond donors (Lipinski definition) is 1. The zero-order chi connectivity index (χ0) is 18.7. The predicted octanol–water partition coefficient (Wildman–Crippen LogP) is -0.788. The van der Waals surface area contributed by atoms with Gasteiger partial charge < -0.3 is 14.5 Å². The second-order valence-corrected chi connectivity index (χ2v) is 9.13. The molecule has 0 saturated carbocycles. The van der Waals surface area contributed by atoms with Gasteiger partial charge in [-0.25, -0.2) is 8.42 Å². The van der Waals surface area contributed by atoms with Gasteiger partial charge >= 0.3 is 0 Å². The van der Waals surface area contributed by atoms with E-state index in [1.165, 1.54) is 9.21 Å². The molecule has 2 aliphatic rings. The number of rotatable bonds is 4. The standard InChI is InChI=1S/C18H27N3O4S/c1-15-12-19(13-16(2)25-15)14-18(22)20-8-10-21(11-9-20)26(23,24)17-6-4-3-5-7-17/h3-7,15-16H,8-14H2,1-2H3/p+1/t15-,16-/m1/s1. The highest BCUT2D eigenvalue weighted by Crippen LogP contribution is 2.17. The summed E-state index contributed by atoms with van der Waals surface area (Å²) in [6.45, 7) is 7.75. The Morgan fingerprint density at radius 3 is 2.23 bits per heavy atom. The molecule has 7 nitrogen and oxygen atoms in total. The first-order valence-corrected chi connectivity index (χ1v) is 10.6. The fourth-order valence-electron chi connectivity index (χ4n) is 3.78. The summed E-state index contributed by atoms with van der Waals surface area (Å²) in [6.07, 6.45) is 0.323. The Morgan fingerprint density at radius 2 is 1.65 bits per heavy atom. The Hall–Kier alpha value is -1.48. The molecular formula is C18H28N3O4S+. The van der Waals surface area contributed by atoms with E-state index in [9.17, 15) is 13.2 Å². The van der Waals surface area contributed by atoms with Gasteiger partial charge in [0.2, 0.25) is 10.0 Å². The number of hydrogen-bond acceptors (Lipinski definition) is 4. The number of nitrogens with zero attached hydrogens (tertiary/aromatic N) is 2. The van der Waals surface area contributed by atoms with E-state index >= 15 is 0 Å². The molecule has 0 spiro atoms. The molecule has 0 radical (unpaired) electrons. The largest absolute Gasteiger partial charge is 0.364 e. The Bertz CT molecular complexity index is 707. The molecule has 0 unspecified atom stereocenters. The smallest absolute Gasteiger partial charge is 0.277 e. The minimum absolute atomic E-state index is 0.0954. The molecule has 0 aliphatic carbocycles. The maximum Gasteiger partial charge on any atom is 0.277 e. The highest BCUT2D eigenvalue weighted by molar-refractivity contribution is 7.89. The van der Waals surface area contributed by atoms with Gasteiger partial charge in [0, 0.05) is 26.2 Å². The van der Waals surface area contributed by atoms with Crippen molar-refractivity contribution in [3.63, 3.8) is 0 Å². The lowest BCUT2D eigenvalue weighted by Gasteiger charge is -2.36. The molecular weight excluding hydrogens is 354 g/mol. The first kappa shape index (κ1) is 19.3. The van der Waals surface area contributed by atoms with E-state index in [-0.39, 0.29) is 18.1 Å². The van der Waals surface area contributed by atoms with Crippen LogP contribution in [0.3, 0.4) is 0 Å². The number of quaternary nitrogens is 1. The monoisotopic (exact) mass is 382 g/mol. The number of amides is 1. The molecule has 2 atom stereocenters. The minimum Gasteiger partial charge on any atom is -0.364 e. The van der Waals surface area contributed by atoms with Crippen LogP contribution >= 0.6 is 0 Å². The normalized spacial score (nSPS) is 28.1. The van der Waals surface area contributed by atoms with Crippen molar-refractivity contribution in [3.8, 4) is 0 Å². The predicted molar refractivity (Wildman–Crippen MR) is 97.4 cm³/mol. The number of morpholine rings is 1. The van der Waals surface area contributed by atoms with Gasteiger partial charge in [0.1, 0.15) is 25.3 Å². The SMILES string of the molecule is C[C@@H]1C[NH+](CC(=O)N2CCN(S(=O)(=O)c3ccccc3)CC2)C[C@@H](C)O1. The number of nitrogens with one attached hydrogen (secondary N) is 1. The molecule has 8 heteroatoms. The Labute approximate surface area is 155 Å². The van der Waals surface area contributed by atoms with Crippen LogP contribution in [0.2, 0.25) is 0 Å². The fraction of sp³-hybridized carbons (Fsp3) is 0.611. The zero-order valence-corrected chi connectivity index (χ0v) is 16.2. The molecule has 144 valence electrons.